The van der Waals surface area contributed by atoms with E-state index in [4.69, 9.17) is 10.2 Å². The van der Waals surface area contributed by atoms with E-state index in [9.17, 15) is 14.4 Å². The molecule has 0 aromatic rings. The number of carboxylic acid groups (broad SMARTS) is 1. The number of carbonyl (C=O) groups excluding carboxylic acids is 2. The number of esters is 2. The molecule has 0 bridgehead atoms. The summed E-state index contributed by atoms with van der Waals surface area (Å²) in [5.41, 5.74) is -0.469. The van der Waals surface area contributed by atoms with Gasteiger partial charge in [0.15, 0.2) is 5.57 Å². The zero-order valence-corrected chi connectivity index (χ0v) is 10.7. The van der Waals surface area contributed by atoms with Gasteiger partial charge in [-0.25, -0.2) is 14.4 Å². The van der Waals surface area contributed by atoms with Crippen LogP contribution in [0.2, 0.25) is 0 Å². The van der Waals surface area contributed by atoms with E-state index in [-0.39, 0.29) is 13.2 Å². The van der Waals surface area contributed by atoms with Crippen molar-refractivity contribution in [3.05, 3.63) is 11.8 Å². The summed E-state index contributed by atoms with van der Waals surface area (Å²) in [5, 5.41) is 19.7. The summed E-state index contributed by atoms with van der Waals surface area (Å²) in [4.78, 5) is 33.6. The molecule has 0 saturated heterocycles. The number of aliphatic hydroxyl groups is 1. The van der Waals surface area contributed by atoms with Crippen LogP contribution in [0.5, 0.6) is 0 Å². The van der Waals surface area contributed by atoms with Gasteiger partial charge in [0, 0.05) is 6.20 Å². The molecule has 8 heteroatoms. The minimum absolute atomic E-state index is 0.0535. The molecule has 0 aromatic carbocycles. The van der Waals surface area contributed by atoms with Crippen LogP contribution in [0.4, 0.5) is 0 Å². The van der Waals surface area contributed by atoms with Crippen LogP contribution in [0.3, 0.4) is 0 Å². The van der Waals surface area contributed by atoms with Crippen molar-refractivity contribution in [3.63, 3.8) is 0 Å². The molecule has 19 heavy (non-hydrogen) atoms. The van der Waals surface area contributed by atoms with Gasteiger partial charge in [0.1, 0.15) is 6.04 Å². The van der Waals surface area contributed by atoms with Crippen molar-refractivity contribution >= 4 is 17.9 Å². The lowest BCUT2D eigenvalue weighted by Crippen LogP contribution is -2.37. The van der Waals surface area contributed by atoms with Crippen LogP contribution in [0, 0.1) is 0 Å². The third kappa shape index (κ3) is 5.87. The highest BCUT2D eigenvalue weighted by molar-refractivity contribution is 6.14. The van der Waals surface area contributed by atoms with Crippen molar-refractivity contribution in [1.29, 1.82) is 0 Å². The van der Waals surface area contributed by atoms with Crippen LogP contribution in [0.1, 0.15) is 13.8 Å². The second-order valence-electron chi connectivity index (χ2n) is 3.24. The summed E-state index contributed by atoms with van der Waals surface area (Å²) in [6, 6.07) is -1.33. The number of aliphatic hydroxyl groups excluding tert-OH is 1. The fourth-order valence-electron chi connectivity index (χ4n) is 1.00. The molecule has 0 fully saturated rings. The van der Waals surface area contributed by atoms with Gasteiger partial charge in [-0.05, 0) is 13.8 Å². The van der Waals surface area contributed by atoms with E-state index >= 15 is 0 Å². The van der Waals surface area contributed by atoms with Crippen molar-refractivity contribution < 1.29 is 34.1 Å². The molecular weight excluding hydrogens is 258 g/mol. The molecule has 3 N–H and O–H groups in total. The van der Waals surface area contributed by atoms with Gasteiger partial charge in [0.05, 0.1) is 19.8 Å². The number of aliphatic carboxylic acids is 1. The van der Waals surface area contributed by atoms with Gasteiger partial charge in [-0.1, -0.05) is 0 Å². The number of carboxylic acids is 1. The number of hydrogen-bond acceptors (Lipinski definition) is 7. The Labute approximate surface area is 110 Å². The van der Waals surface area contributed by atoms with Gasteiger partial charge in [0.2, 0.25) is 0 Å². The first-order valence-electron chi connectivity index (χ1n) is 5.61. The van der Waals surface area contributed by atoms with Crippen molar-refractivity contribution in [2.45, 2.75) is 19.9 Å². The van der Waals surface area contributed by atoms with Crippen molar-refractivity contribution in [2.24, 2.45) is 0 Å². The number of ether oxygens (including phenoxy) is 2. The van der Waals surface area contributed by atoms with Crippen LogP contribution in [-0.4, -0.2) is 54.0 Å². The topological polar surface area (TPSA) is 122 Å². The molecule has 8 nitrogen and oxygen atoms in total. The summed E-state index contributed by atoms with van der Waals surface area (Å²) in [6.07, 6.45) is 0.866. The smallest absolute Gasteiger partial charge is 0.347 e. The van der Waals surface area contributed by atoms with Crippen molar-refractivity contribution in [3.8, 4) is 0 Å². The van der Waals surface area contributed by atoms with Gasteiger partial charge < -0.3 is 25.0 Å². The molecule has 0 radical (unpaired) electrons. The molecule has 0 spiro atoms. The van der Waals surface area contributed by atoms with Gasteiger partial charge >= 0.3 is 17.9 Å². The normalized spacial score (nSPS) is 11.1. The molecule has 0 amide bonds. The first-order chi connectivity index (χ1) is 8.97. The number of hydrogen-bond donors (Lipinski definition) is 3. The van der Waals surface area contributed by atoms with E-state index in [1.165, 1.54) is 0 Å². The Morgan fingerprint density at radius 2 is 1.63 bits per heavy atom. The van der Waals surface area contributed by atoms with Gasteiger partial charge in [0.25, 0.3) is 0 Å². The Morgan fingerprint density at radius 1 is 1.16 bits per heavy atom. The maximum atomic E-state index is 11.5. The number of nitrogens with one attached hydrogen (secondary N) is 1. The third-order valence-electron chi connectivity index (χ3n) is 1.90. The van der Waals surface area contributed by atoms with Crippen LogP contribution < -0.4 is 5.32 Å². The molecule has 0 saturated carbocycles. The zero-order valence-electron chi connectivity index (χ0n) is 10.7. The average molecular weight is 275 g/mol. The molecule has 0 unspecified atom stereocenters. The van der Waals surface area contributed by atoms with Crippen molar-refractivity contribution in [1.82, 2.24) is 5.32 Å². The summed E-state index contributed by atoms with van der Waals surface area (Å²) in [6.45, 7) is 2.52. The third-order valence-corrected chi connectivity index (χ3v) is 1.90. The van der Waals surface area contributed by atoms with E-state index in [2.05, 4.69) is 14.8 Å². The van der Waals surface area contributed by atoms with Crippen molar-refractivity contribution in [2.75, 3.05) is 19.8 Å². The maximum Gasteiger partial charge on any atom is 0.347 e. The average Bonchev–Trinajstić information content (AvgIpc) is 2.34. The molecular formula is C11H17NO7. The molecule has 0 aliphatic rings. The maximum absolute atomic E-state index is 11.5. The standard InChI is InChI=1S/C11H17NO7/c1-3-18-10(16)7(11(17)19-4-2)5-12-8(6-13)9(14)15/h5,8,12-13H,3-4,6H2,1-2H3,(H,14,15)/t8-/m0/s1. The lowest BCUT2D eigenvalue weighted by molar-refractivity contribution is -0.147. The fraction of sp³-hybridized carbons (Fsp3) is 0.545. The molecule has 1 atom stereocenters. The lowest BCUT2D eigenvalue weighted by atomic mass is 10.2. The molecule has 0 heterocycles. The van der Waals surface area contributed by atoms with Gasteiger partial charge in [-0.3, -0.25) is 0 Å². The van der Waals surface area contributed by atoms with E-state index in [0.717, 1.165) is 6.20 Å². The van der Waals surface area contributed by atoms with E-state index in [0.29, 0.717) is 0 Å². The first-order valence-corrected chi connectivity index (χ1v) is 5.61. The summed E-state index contributed by atoms with van der Waals surface area (Å²) in [7, 11) is 0. The minimum Gasteiger partial charge on any atom is -0.480 e. The Morgan fingerprint density at radius 3 is 1.95 bits per heavy atom. The molecule has 0 aliphatic heterocycles. The lowest BCUT2D eigenvalue weighted by Gasteiger charge is -2.11. The highest BCUT2D eigenvalue weighted by atomic mass is 16.6. The summed E-state index contributed by atoms with van der Waals surface area (Å²) < 4.78 is 9.28. The summed E-state index contributed by atoms with van der Waals surface area (Å²) in [5.74, 6) is -3.20. The largest absolute Gasteiger partial charge is 0.480 e. The Balaban J connectivity index is 4.95. The highest BCUT2D eigenvalue weighted by Gasteiger charge is 2.22. The molecule has 0 aliphatic carbocycles. The van der Waals surface area contributed by atoms with E-state index < -0.39 is 36.1 Å². The number of carbonyl (C=O) groups is 3. The quantitative estimate of drug-likeness (QED) is 0.224. The SMILES string of the molecule is CCOC(=O)C(=CN[C@@H](CO)C(=O)O)C(=O)OCC. The second-order valence-corrected chi connectivity index (χ2v) is 3.24. The molecule has 108 valence electrons. The van der Waals surface area contributed by atoms with Crippen LogP contribution in [0.25, 0.3) is 0 Å². The Bertz CT molecular complexity index is 344. The first kappa shape index (κ1) is 16.9. The van der Waals surface area contributed by atoms with Crippen LogP contribution >= 0.6 is 0 Å². The van der Waals surface area contributed by atoms with E-state index in [1.807, 2.05) is 0 Å². The predicted octanol–water partition coefficient (Wildman–Crippen LogP) is -0.968. The van der Waals surface area contributed by atoms with Crippen LogP contribution in [-0.2, 0) is 23.9 Å². The van der Waals surface area contributed by atoms with Crippen LogP contribution in [0.15, 0.2) is 11.8 Å². The van der Waals surface area contributed by atoms with Gasteiger partial charge in [-0.2, -0.15) is 0 Å². The minimum atomic E-state index is -1.33. The Hall–Kier alpha value is -2.09. The van der Waals surface area contributed by atoms with E-state index in [1.54, 1.807) is 13.8 Å². The second kappa shape index (κ2) is 8.92. The highest BCUT2D eigenvalue weighted by Crippen LogP contribution is 2.01. The predicted molar refractivity (Wildman–Crippen MR) is 63.0 cm³/mol. The monoisotopic (exact) mass is 275 g/mol. The molecule has 0 aromatic heterocycles. The zero-order chi connectivity index (χ0) is 14.8. The summed E-state index contributed by atoms with van der Waals surface area (Å²) >= 11 is 0. The molecule has 0 rings (SSSR count). The number of rotatable bonds is 8. The fourth-order valence-corrected chi connectivity index (χ4v) is 1.00. The van der Waals surface area contributed by atoms with Gasteiger partial charge in [-0.15, -0.1) is 0 Å². The Kier molecular flexibility index (Phi) is 7.94.